The summed E-state index contributed by atoms with van der Waals surface area (Å²) in [5.41, 5.74) is 1.15. The quantitative estimate of drug-likeness (QED) is 0.703. The Balaban J connectivity index is 2.05. The fourth-order valence-electron chi connectivity index (χ4n) is 2.10. The average molecular weight is 394 g/mol. The Labute approximate surface area is 130 Å². The van der Waals surface area contributed by atoms with Crippen LogP contribution in [0.15, 0.2) is 16.6 Å². The molecule has 0 unspecified atom stereocenters. The molecule has 3 nitrogen and oxygen atoms in total. The van der Waals surface area contributed by atoms with Crippen molar-refractivity contribution in [3.63, 3.8) is 0 Å². The standard InChI is InChI=1S/C14H18Br2O3/c1-17-13-7-11(8-15)6-12(16)14(13)19-9-10-2-4-18-5-3-10/h6-7,10H,2-5,8-9H2,1H3. The highest BCUT2D eigenvalue weighted by Gasteiger charge is 2.17. The second-order valence-electron chi connectivity index (χ2n) is 4.61. The van der Waals surface area contributed by atoms with E-state index < -0.39 is 0 Å². The van der Waals surface area contributed by atoms with E-state index in [9.17, 15) is 0 Å². The van der Waals surface area contributed by atoms with Gasteiger partial charge < -0.3 is 14.2 Å². The van der Waals surface area contributed by atoms with Gasteiger partial charge in [-0.15, -0.1) is 0 Å². The van der Waals surface area contributed by atoms with Gasteiger partial charge in [0.05, 0.1) is 18.2 Å². The molecule has 0 aromatic heterocycles. The molecule has 0 amide bonds. The molecule has 2 rings (SSSR count). The van der Waals surface area contributed by atoms with Gasteiger partial charge in [-0.2, -0.15) is 0 Å². The first-order valence-electron chi connectivity index (χ1n) is 6.37. The third-order valence-electron chi connectivity index (χ3n) is 3.25. The highest BCUT2D eigenvalue weighted by atomic mass is 79.9. The van der Waals surface area contributed by atoms with Crippen molar-refractivity contribution in [1.82, 2.24) is 0 Å². The second kappa shape index (κ2) is 7.50. The van der Waals surface area contributed by atoms with Gasteiger partial charge in [-0.05, 0) is 52.4 Å². The van der Waals surface area contributed by atoms with Crippen molar-refractivity contribution in [2.45, 2.75) is 18.2 Å². The summed E-state index contributed by atoms with van der Waals surface area (Å²) >= 11 is 7.00. The molecule has 1 aliphatic heterocycles. The van der Waals surface area contributed by atoms with Crippen LogP contribution in [0.3, 0.4) is 0 Å². The first kappa shape index (κ1) is 15.1. The van der Waals surface area contributed by atoms with E-state index in [0.29, 0.717) is 12.5 Å². The summed E-state index contributed by atoms with van der Waals surface area (Å²) in [5.74, 6) is 2.13. The lowest BCUT2D eigenvalue weighted by molar-refractivity contribution is 0.0492. The number of rotatable bonds is 5. The normalized spacial score (nSPS) is 16.4. The van der Waals surface area contributed by atoms with Gasteiger partial charge in [0.1, 0.15) is 0 Å². The number of ether oxygens (including phenoxy) is 3. The first-order valence-corrected chi connectivity index (χ1v) is 8.29. The second-order valence-corrected chi connectivity index (χ2v) is 6.02. The summed E-state index contributed by atoms with van der Waals surface area (Å²) in [7, 11) is 1.67. The minimum absolute atomic E-state index is 0.571. The van der Waals surface area contributed by atoms with Crippen molar-refractivity contribution in [1.29, 1.82) is 0 Å². The van der Waals surface area contributed by atoms with Crippen molar-refractivity contribution in [2.24, 2.45) is 5.92 Å². The SMILES string of the molecule is COc1cc(CBr)cc(Br)c1OCC1CCOCC1. The highest BCUT2D eigenvalue weighted by Crippen LogP contribution is 2.37. The molecule has 0 N–H and O–H groups in total. The third kappa shape index (κ3) is 4.10. The van der Waals surface area contributed by atoms with Crippen LogP contribution in [0.2, 0.25) is 0 Å². The summed E-state index contributed by atoms with van der Waals surface area (Å²) in [5, 5.41) is 0.794. The van der Waals surface area contributed by atoms with E-state index in [1.165, 1.54) is 0 Å². The van der Waals surface area contributed by atoms with Crippen LogP contribution >= 0.6 is 31.9 Å². The number of methoxy groups -OCH3 is 1. The number of benzene rings is 1. The summed E-state index contributed by atoms with van der Waals surface area (Å²) in [6.07, 6.45) is 2.14. The molecular formula is C14H18Br2O3. The van der Waals surface area contributed by atoms with Crippen LogP contribution in [-0.2, 0) is 10.1 Å². The van der Waals surface area contributed by atoms with Crippen LogP contribution < -0.4 is 9.47 Å². The predicted octanol–water partition coefficient (Wildman–Crippen LogP) is 4.16. The molecule has 1 aromatic rings. The fraction of sp³-hybridized carbons (Fsp3) is 0.571. The zero-order valence-electron chi connectivity index (χ0n) is 11.0. The molecule has 1 saturated heterocycles. The molecule has 0 radical (unpaired) electrons. The molecule has 106 valence electrons. The van der Waals surface area contributed by atoms with E-state index >= 15 is 0 Å². The summed E-state index contributed by atoms with van der Waals surface area (Å²) in [6, 6.07) is 4.05. The van der Waals surface area contributed by atoms with Gasteiger partial charge in [-0.1, -0.05) is 15.9 Å². The number of hydrogen-bond donors (Lipinski definition) is 0. The van der Waals surface area contributed by atoms with Gasteiger partial charge >= 0.3 is 0 Å². The molecule has 5 heteroatoms. The molecular weight excluding hydrogens is 376 g/mol. The Morgan fingerprint density at radius 1 is 1.32 bits per heavy atom. The Kier molecular flexibility index (Phi) is 5.98. The molecule has 0 saturated carbocycles. The van der Waals surface area contributed by atoms with Gasteiger partial charge in [0.2, 0.25) is 0 Å². The Morgan fingerprint density at radius 2 is 2.05 bits per heavy atom. The van der Waals surface area contributed by atoms with E-state index in [-0.39, 0.29) is 0 Å². The number of halogens is 2. The maximum absolute atomic E-state index is 5.96. The monoisotopic (exact) mass is 392 g/mol. The summed E-state index contributed by atoms with van der Waals surface area (Å²) in [4.78, 5) is 0. The molecule has 0 bridgehead atoms. The van der Waals surface area contributed by atoms with Crippen LogP contribution in [0.25, 0.3) is 0 Å². The fourth-order valence-corrected chi connectivity index (χ4v) is 3.03. The summed E-state index contributed by atoms with van der Waals surface area (Å²) < 4.78 is 17.7. The van der Waals surface area contributed by atoms with Crippen LogP contribution in [0.4, 0.5) is 0 Å². The molecule has 1 aromatic carbocycles. The largest absolute Gasteiger partial charge is 0.493 e. The topological polar surface area (TPSA) is 27.7 Å². The van der Waals surface area contributed by atoms with E-state index in [4.69, 9.17) is 14.2 Å². The lowest BCUT2D eigenvalue weighted by Crippen LogP contribution is -2.21. The van der Waals surface area contributed by atoms with E-state index in [1.807, 2.05) is 6.07 Å². The van der Waals surface area contributed by atoms with Crippen molar-refractivity contribution >= 4 is 31.9 Å². The van der Waals surface area contributed by atoms with Crippen LogP contribution in [-0.4, -0.2) is 26.9 Å². The third-order valence-corrected chi connectivity index (χ3v) is 4.48. The van der Waals surface area contributed by atoms with E-state index in [0.717, 1.165) is 52.9 Å². The Morgan fingerprint density at radius 3 is 2.68 bits per heavy atom. The Hall–Kier alpha value is -0.260. The first-order chi connectivity index (χ1) is 9.24. The predicted molar refractivity (Wildman–Crippen MR) is 82.4 cm³/mol. The smallest absolute Gasteiger partial charge is 0.175 e. The highest BCUT2D eigenvalue weighted by molar-refractivity contribution is 9.10. The molecule has 1 aliphatic rings. The average Bonchev–Trinajstić information content (AvgIpc) is 2.46. The van der Waals surface area contributed by atoms with E-state index in [2.05, 4.69) is 37.9 Å². The van der Waals surface area contributed by atoms with Gasteiger partial charge in [0.15, 0.2) is 11.5 Å². The molecule has 0 aliphatic carbocycles. The lowest BCUT2D eigenvalue weighted by Gasteiger charge is -2.23. The van der Waals surface area contributed by atoms with Gasteiger partial charge in [-0.3, -0.25) is 0 Å². The molecule has 0 spiro atoms. The maximum atomic E-state index is 5.96. The molecule has 19 heavy (non-hydrogen) atoms. The van der Waals surface area contributed by atoms with Crippen molar-refractivity contribution in [3.05, 3.63) is 22.2 Å². The Bertz CT molecular complexity index is 417. The van der Waals surface area contributed by atoms with E-state index in [1.54, 1.807) is 7.11 Å². The zero-order valence-corrected chi connectivity index (χ0v) is 14.1. The molecule has 1 fully saturated rings. The zero-order chi connectivity index (χ0) is 13.7. The minimum atomic E-state index is 0.571. The van der Waals surface area contributed by atoms with Crippen molar-refractivity contribution in [2.75, 3.05) is 26.9 Å². The van der Waals surface area contributed by atoms with Gasteiger partial charge in [-0.25, -0.2) is 0 Å². The van der Waals surface area contributed by atoms with Crippen molar-refractivity contribution in [3.8, 4) is 11.5 Å². The van der Waals surface area contributed by atoms with Crippen LogP contribution in [0.1, 0.15) is 18.4 Å². The molecule has 1 heterocycles. The number of alkyl halides is 1. The van der Waals surface area contributed by atoms with Crippen molar-refractivity contribution < 1.29 is 14.2 Å². The van der Waals surface area contributed by atoms with Crippen LogP contribution in [0, 0.1) is 5.92 Å². The summed E-state index contributed by atoms with van der Waals surface area (Å²) in [6.45, 7) is 2.40. The van der Waals surface area contributed by atoms with Gasteiger partial charge in [0, 0.05) is 18.5 Å². The molecule has 0 atom stereocenters. The van der Waals surface area contributed by atoms with Crippen LogP contribution in [0.5, 0.6) is 11.5 Å². The minimum Gasteiger partial charge on any atom is -0.493 e. The lowest BCUT2D eigenvalue weighted by atomic mass is 10.0. The van der Waals surface area contributed by atoms with Gasteiger partial charge in [0.25, 0.3) is 0 Å². The maximum Gasteiger partial charge on any atom is 0.175 e. The number of hydrogen-bond acceptors (Lipinski definition) is 3.